The molecule has 1 saturated heterocycles. The molecule has 0 radical (unpaired) electrons. The lowest BCUT2D eigenvalue weighted by molar-refractivity contribution is 0.589. The van der Waals surface area contributed by atoms with Gasteiger partial charge in [-0.3, -0.25) is 5.10 Å². The van der Waals surface area contributed by atoms with Crippen LogP contribution in [0.25, 0.3) is 33.4 Å². The Labute approximate surface area is 183 Å². The van der Waals surface area contributed by atoms with Gasteiger partial charge in [-0.15, -0.1) is 0 Å². The third-order valence-corrected chi connectivity index (χ3v) is 5.82. The molecule has 0 spiro atoms. The van der Waals surface area contributed by atoms with E-state index >= 15 is 0 Å². The van der Waals surface area contributed by atoms with E-state index in [1.54, 1.807) is 0 Å². The van der Waals surface area contributed by atoms with Gasteiger partial charge in [-0.05, 0) is 42.8 Å². The highest BCUT2D eigenvalue weighted by Gasteiger charge is 2.23. The second kappa shape index (κ2) is 8.02. The topological polar surface area (TPSA) is 80.6 Å². The Morgan fingerprint density at radius 2 is 1.81 bits per heavy atom. The maximum absolute atomic E-state index is 14.6. The fraction of sp³-hybridized carbons (Fsp3) is 0.208. The van der Waals surface area contributed by atoms with Crippen LogP contribution >= 0.6 is 0 Å². The van der Waals surface area contributed by atoms with E-state index in [0.29, 0.717) is 22.3 Å². The zero-order valence-corrected chi connectivity index (χ0v) is 17.4. The van der Waals surface area contributed by atoms with Gasteiger partial charge < -0.3 is 10.2 Å². The number of aromatic amines is 1. The van der Waals surface area contributed by atoms with Crippen molar-refractivity contribution < 1.29 is 8.78 Å². The summed E-state index contributed by atoms with van der Waals surface area (Å²) in [5.74, 6) is -1.25. The Bertz CT molecular complexity index is 1350. The van der Waals surface area contributed by atoms with E-state index in [-0.39, 0.29) is 16.8 Å². The minimum Gasteiger partial charge on any atom is -0.369 e. The largest absolute Gasteiger partial charge is 0.369 e. The number of halogens is 2. The normalized spacial score (nSPS) is 14.0. The summed E-state index contributed by atoms with van der Waals surface area (Å²) in [7, 11) is 0. The van der Waals surface area contributed by atoms with Crippen molar-refractivity contribution in [2.75, 3.05) is 31.1 Å². The maximum atomic E-state index is 14.6. The van der Waals surface area contributed by atoms with Crippen LogP contribution in [0.4, 0.5) is 14.5 Å². The number of aromatic nitrogens is 3. The lowest BCUT2D eigenvalue weighted by Crippen LogP contribution is -2.43. The van der Waals surface area contributed by atoms with Gasteiger partial charge in [-0.2, -0.15) is 10.4 Å². The van der Waals surface area contributed by atoms with Gasteiger partial charge in [0.2, 0.25) is 0 Å². The van der Waals surface area contributed by atoms with Gasteiger partial charge in [0.15, 0.2) is 5.65 Å². The van der Waals surface area contributed by atoms with Crippen molar-refractivity contribution in [1.82, 2.24) is 20.5 Å². The molecule has 1 aliphatic rings. The molecule has 2 aromatic carbocycles. The first-order valence-corrected chi connectivity index (χ1v) is 10.4. The second-order valence-electron chi connectivity index (χ2n) is 7.76. The number of nitrogens with one attached hydrogen (secondary N) is 2. The summed E-state index contributed by atoms with van der Waals surface area (Å²) in [5, 5.41) is 21.2. The van der Waals surface area contributed by atoms with Crippen LogP contribution in [0.15, 0.2) is 42.5 Å². The van der Waals surface area contributed by atoms with Crippen LogP contribution in [0.3, 0.4) is 0 Å². The van der Waals surface area contributed by atoms with Gasteiger partial charge in [-0.1, -0.05) is 12.1 Å². The van der Waals surface area contributed by atoms with Crippen molar-refractivity contribution in [3.63, 3.8) is 0 Å². The van der Waals surface area contributed by atoms with Gasteiger partial charge in [-0.25, -0.2) is 13.8 Å². The number of fused-ring (bicyclic) bond motifs is 1. The number of hydrogen-bond donors (Lipinski definition) is 2. The van der Waals surface area contributed by atoms with E-state index < -0.39 is 11.6 Å². The molecule has 2 aromatic heterocycles. The molecule has 1 aliphatic heterocycles. The molecule has 1 fully saturated rings. The molecule has 3 heterocycles. The molecule has 8 heteroatoms. The number of nitriles is 1. The summed E-state index contributed by atoms with van der Waals surface area (Å²) < 4.78 is 28.5. The zero-order valence-electron chi connectivity index (χ0n) is 17.4. The van der Waals surface area contributed by atoms with E-state index in [2.05, 4.69) is 31.5 Å². The molecule has 4 aromatic rings. The van der Waals surface area contributed by atoms with Crippen molar-refractivity contribution >= 4 is 16.7 Å². The minimum atomic E-state index is -0.647. The smallest absolute Gasteiger partial charge is 0.156 e. The van der Waals surface area contributed by atoms with Crippen molar-refractivity contribution in [3.8, 4) is 28.5 Å². The molecule has 32 heavy (non-hydrogen) atoms. The van der Waals surface area contributed by atoms with Crippen molar-refractivity contribution in [1.29, 1.82) is 5.26 Å². The molecule has 0 saturated carbocycles. The van der Waals surface area contributed by atoms with Gasteiger partial charge >= 0.3 is 0 Å². The van der Waals surface area contributed by atoms with Gasteiger partial charge in [0, 0.05) is 43.0 Å². The summed E-state index contributed by atoms with van der Waals surface area (Å²) in [4.78, 5) is 6.75. The van der Waals surface area contributed by atoms with E-state index in [1.807, 2.05) is 31.2 Å². The van der Waals surface area contributed by atoms with Crippen LogP contribution in [0.1, 0.15) is 11.3 Å². The molecular formula is C24H20F2N6. The number of nitrogens with zero attached hydrogens (tertiary/aromatic N) is 4. The summed E-state index contributed by atoms with van der Waals surface area (Å²) in [6.07, 6.45) is 0. The third-order valence-electron chi connectivity index (χ3n) is 5.82. The summed E-state index contributed by atoms with van der Waals surface area (Å²) in [5.41, 5.74) is 3.79. The molecule has 0 unspecified atom stereocenters. The predicted molar refractivity (Wildman–Crippen MR) is 119 cm³/mol. The highest BCUT2D eigenvalue weighted by atomic mass is 19.1. The van der Waals surface area contributed by atoms with Crippen LogP contribution < -0.4 is 10.2 Å². The minimum absolute atomic E-state index is 0.0608. The Hall–Kier alpha value is -3.83. The Balaban J connectivity index is 1.72. The maximum Gasteiger partial charge on any atom is 0.156 e. The molecule has 6 nitrogen and oxygen atoms in total. The average molecular weight is 430 g/mol. The highest BCUT2D eigenvalue weighted by molar-refractivity contribution is 6.00. The summed E-state index contributed by atoms with van der Waals surface area (Å²) in [6.45, 7) is 5.53. The number of aryl methyl sites for hydroxylation is 1. The monoisotopic (exact) mass is 430 g/mol. The molecule has 0 aliphatic carbocycles. The van der Waals surface area contributed by atoms with E-state index in [0.717, 1.165) is 55.6 Å². The number of H-pyrrole nitrogens is 1. The van der Waals surface area contributed by atoms with Crippen LogP contribution in [0.5, 0.6) is 0 Å². The van der Waals surface area contributed by atoms with Crippen molar-refractivity contribution in [2.45, 2.75) is 6.92 Å². The molecular weight excluding hydrogens is 410 g/mol. The van der Waals surface area contributed by atoms with Crippen LogP contribution in [-0.2, 0) is 0 Å². The number of rotatable bonds is 3. The van der Waals surface area contributed by atoms with E-state index in [4.69, 9.17) is 0 Å². The highest BCUT2D eigenvalue weighted by Crippen LogP contribution is 2.38. The molecule has 0 atom stereocenters. The van der Waals surface area contributed by atoms with E-state index in [9.17, 15) is 14.0 Å². The summed E-state index contributed by atoms with van der Waals surface area (Å²) in [6, 6.07) is 13.3. The number of benzene rings is 2. The van der Waals surface area contributed by atoms with Crippen LogP contribution in [0, 0.1) is 29.9 Å². The number of anilines is 1. The lowest BCUT2D eigenvalue weighted by atomic mass is 9.93. The van der Waals surface area contributed by atoms with Gasteiger partial charge in [0.05, 0.1) is 22.3 Å². The first kappa shape index (κ1) is 20.1. The predicted octanol–water partition coefficient (Wildman–Crippen LogP) is 4.16. The van der Waals surface area contributed by atoms with Crippen molar-refractivity contribution in [3.05, 3.63) is 65.4 Å². The molecule has 5 rings (SSSR count). The standard InChI is InChI=1S/C24H20F2N6/c1-14-21-22(15-2-5-17(6-3-15)32-10-8-28-9-11-32)19(13-27)23(29-24(21)31-30-14)18-12-16(25)4-7-20(18)26/h2-7,12,28H,8-11H2,1H3,(H,29,30,31). The second-order valence-corrected chi connectivity index (χ2v) is 7.76. The van der Waals surface area contributed by atoms with Crippen LogP contribution in [0.2, 0.25) is 0 Å². The Kier molecular flexibility index (Phi) is 5.04. The molecule has 2 N–H and O–H groups in total. The van der Waals surface area contributed by atoms with Gasteiger partial charge in [0.1, 0.15) is 17.7 Å². The van der Waals surface area contributed by atoms with Gasteiger partial charge in [0.25, 0.3) is 0 Å². The quantitative estimate of drug-likeness (QED) is 0.510. The Morgan fingerprint density at radius 1 is 1.06 bits per heavy atom. The van der Waals surface area contributed by atoms with E-state index in [1.165, 1.54) is 0 Å². The number of hydrogen-bond acceptors (Lipinski definition) is 5. The summed E-state index contributed by atoms with van der Waals surface area (Å²) >= 11 is 0. The molecule has 0 bridgehead atoms. The number of pyridine rings is 1. The SMILES string of the molecule is Cc1n[nH]c2nc(-c3cc(F)ccc3F)c(C#N)c(-c3ccc(N4CCNCC4)cc3)c12. The fourth-order valence-corrected chi connectivity index (χ4v) is 4.24. The first-order chi connectivity index (χ1) is 15.6. The fourth-order valence-electron chi connectivity index (χ4n) is 4.24. The average Bonchev–Trinajstić information content (AvgIpc) is 3.20. The van der Waals surface area contributed by atoms with Crippen LogP contribution in [-0.4, -0.2) is 41.4 Å². The first-order valence-electron chi connectivity index (χ1n) is 10.4. The third kappa shape index (κ3) is 3.37. The Morgan fingerprint density at radius 3 is 2.53 bits per heavy atom. The van der Waals surface area contributed by atoms with Crippen molar-refractivity contribution in [2.24, 2.45) is 0 Å². The lowest BCUT2D eigenvalue weighted by Gasteiger charge is -2.29. The number of piperazine rings is 1. The molecule has 0 amide bonds. The molecule has 160 valence electrons. The zero-order chi connectivity index (χ0) is 22.2.